The summed E-state index contributed by atoms with van der Waals surface area (Å²) in [5.41, 5.74) is 12.5. The first-order valence-electron chi connectivity index (χ1n) is 14.9. The third-order valence-corrected chi connectivity index (χ3v) is 7.63. The number of pyridine rings is 1. The Kier molecular flexibility index (Phi) is 10.2. The molecule has 4 aromatic carbocycles. The van der Waals surface area contributed by atoms with E-state index in [-0.39, 0.29) is 0 Å². The quantitative estimate of drug-likeness (QED) is 0.147. The van der Waals surface area contributed by atoms with Gasteiger partial charge in [-0.25, -0.2) is 0 Å². The molecule has 226 valence electrons. The second kappa shape index (κ2) is 14.6. The molecule has 3 N–H and O–H groups in total. The van der Waals surface area contributed by atoms with Gasteiger partial charge in [-0.05, 0) is 48.9 Å². The first-order valence-corrected chi connectivity index (χ1v) is 14.9. The number of nitrogens with two attached hydrogens (primary N) is 1. The molecule has 1 atom stereocenters. The summed E-state index contributed by atoms with van der Waals surface area (Å²) in [6.07, 6.45) is 3.92. The summed E-state index contributed by atoms with van der Waals surface area (Å²) in [7, 11) is 0. The molecule has 0 spiro atoms. The van der Waals surface area contributed by atoms with Gasteiger partial charge in [0.25, 0.3) is 0 Å². The monoisotopic (exact) mass is 589 g/mol. The van der Waals surface area contributed by atoms with Crippen LogP contribution in [0.3, 0.4) is 0 Å². The van der Waals surface area contributed by atoms with Crippen LogP contribution in [-0.2, 0) is 31.1 Å². The number of para-hydroxylation sites is 1. The molecule has 5 rings (SSSR count). The number of aryl methyl sites for hydroxylation is 2. The number of benzene rings is 4. The Hall–Kier alpha value is -4.72. The Labute approximate surface area is 258 Å². The highest BCUT2D eigenvalue weighted by atomic mass is 16.5. The zero-order valence-corrected chi connectivity index (χ0v) is 25.3. The predicted molar refractivity (Wildman–Crippen MR) is 174 cm³/mol. The average Bonchev–Trinajstić information content (AvgIpc) is 3.02. The summed E-state index contributed by atoms with van der Waals surface area (Å²) in [5, 5.41) is 11.5. The van der Waals surface area contributed by atoms with Crippen LogP contribution < -0.4 is 15.2 Å². The van der Waals surface area contributed by atoms with Crippen molar-refractivity contribution in [1.82, 2.24) is 9.88 Å². The van der Waals surface area contributed by atoms with Crippen molar-refractivity contribution in [3.05, 3.63) is 137 Å². The van der Waals surface area contributed by atoms with Gasteiger partial charge in [0.2, 0.25) is 0 Å². The number of aromatic nitrogens is 1. The molecule has 7 nitrogen and oxygen atoms in total. The highest BCUT2D eigenvalue weighted by Gasteiger charge is 2.19. The zero-order chi connectivity index (χ0) is 30.9. The van der Waals surface area contributed by atoms with Crippen LogP contribution >= 0.6 is 0 Å². The Bertz CT molecular complexity index is 1720. The molecule has 0 unspecified atom stereocenters. The summed E-state index contributed by atoms with van der Waals surface area (Å²) in [6.45, 7) is 6.55. The SMILES string of the molecule is Cc1cccc(COc2ccccc2CN(CC[C@H](N)C(=O)O)Cc2ccc3ccncc3c2OCc2cccc(C)c2)c1. The number of nitrogens with zero attached hydrogens (tertiary/aromatic N) is 2. The number of carboxylic acids is 1. The van der Waals surface area contributed by atoms with E-state index in [1.54, 1.807) is 6.20 Å². The normalized spacial score (nSPS) is 11.9. The second-order valence-corrected chi connectivity index (χ2v) is 11.3. The molecule has 7 heteroatoms. The van der Waals surface area contributed by atoms with Crippen LogP contribution in [0.1, 0.15) is 39.8 Å². The molecule has 1 aromatic heterocycles. The van der Waals surface area contributed by atoms with E-state index in [1.807, 2.05) is 42.6 Å². The molecule has 0 aliphatic rings. The van der Waals surface area contributed by atoms with Crippen molar-refractivity contribution in [1.29, 1.82) is 0 Å². The predicted octanol–water partition coefficient (Wildman–Crippen LogP) is 6.81. The summed E-state index contributed by atoms with van der Waals surface area (Å²) in [4.78, 5) is 18.2. The van der Waals surface area contributed by atoms with E-state index in [2.05, 4.69) is 78.3 Å². The van der Waals surface area contributed by atoms with Gasteiger partial charge in [0.05, 0.1) is 0 Å². The first kappa shape index (κ1) is 30.7. The van der Waals surface area contributed by atoms with Crippen LogP contribution in [0.4, 0.5) is 0 Å². The second-order valence-electron chi connectivity index (χ2n) is 11.3. The fraction of sp³-hybridized carbons (Fsp3) is 0.243. The molecule has 0 fully saturated rings. The number of fused-ring (bicyclic) bond motifs is 1. The van der Waals surface area contributed by atoms with E-state index in [0.717, 1.165) is 44.5 Å². The first-order chi connectivity index (χ1) is 21.4. The standard InChI is InChI=1S/C37H39N3O4/c1-26-7-5-9-28(19-26)24-43-35-12-4-3-11-31(35)22-40(18-16-34(38)37(41)42)23-32-14-13-30-15-17-39-21-33(30)36(32)44-25-29-10-6-8-27(2)20-29/h3-15,17,19-21,34H,16,18,22-25,38H2,1-2H3,(H,41,42)/t34-/m0/s1. The van der Waals surface area contributed by atoms with Crippen molar-refractivity contribution in [2.24, 2.45) is 5.73 Å². The van der Waals surface area contributed by atoms with E-state index >= 15 is 0 Å². The number of hydrogen-bond donors (Lipinski definition) is 2. The summed E-state index contributed by atoms with van der Waals surface area (Å²) < 4.78 is 12.8. The van der Waals surface area contributed by atoms with Gasteiger partial charge in [-0.3, -0.25) is 14.7 Å². The van der Waals surface area contributed by atoms with Gasteiger partial charge in [-0.1, -0.05) is 90.0 Å². The fourth-order valence-corrected chi connectivity index (χ4v) is 5.31. The number of aliphatic carboxylic acids is 1. The van der Waals surface area contributed by atoms with Crippen molar-refractivity contribution in [3.8, 4) is 11.5 Å². The van der Waals surface area contributed by atoms with Crippen molar-refractivity contribution >= 4 is 16.7 Å². The van der Waals surface area contributed by atoms with Crippen LogP contribution in [0.15, 0.2) is 103 Å². The molecule has 5 aromatic rings. The van der Waals surface area contributed by atoms with Crippen molar-refractivity contribution < 1.29 is 19.4 Å². The molecule has 0 radical (unpaired) electrons. The lowest BCUT2D eigenvalue weighted by Gasteiger charge is -2.26. The van der Waals surface area contributed by atoms with Crippen LogP contribution in [0.5, 0.6) is 11.5 Å². The smallest absolute Gasteiger partial charge is 0.320 e. The Balaban J connectivity index is 1.42. The van der Waals surface area contributed by atoms with Gasteiger partial charge in [0.1, 0.15) is 30.8 Å². The van der Waals surface area contributed by atoms with Gasteiger partial charge in [-0.2, -0.15) is 0 Å². The maximum absolute atomic E-state index is 11.6. The van der Waals surface area contributed by atoms with Crippen LogP contribution in [0, 0.1) is 13.8 Å². The lowest BCUT2D eigenvalue weighted by molar-refractivity contribution is -0.138. The number of rotatable bonds is 14. The molecule has 0 aliphatic heterocycles. The van der Waals surface area contributed by atoms with E-state index in [1.165, 1.54) is 11.1 Å². The van der Waals surface area contributed by atoms with E-state index < -0.39 is 12.0 Å². The third kappa shape index (κ3) is 8.22. The molecule has 0 saturated heterocycles. The number of hydrogen-bond acceptors (Lipinski definition) is 6. The van der Waals surface area contributed by atoms with Gasteiger partial charge < -0.3 is 20.3 Å². The molecule has 0 amide bonds. The minimum absolute atomic E-state index is 0.302. The minimum Gasteiger partial charge on any atom is -0.489 e. The summed E-state index contributed by atoms with van der Waals surface area (Å²) in [5.74, 6) is 0.555. The zero-order valence-electron chi connectivity index (χ0n) is 25.3. The van der Waals surface area contributed by atoms with Crippen molar-refractivity contribution in [3.63, 3.8) is 0 Å². The largest absolute Gasteiger partial charge is 0.489 e. The molecule has 44 heavy (non-hydrogen) atoms. The maximum Gasteiger partial charge on any atom is 0.320 e. The summed E-state index contributed by atoms with van der Waals surface area (Å²) in [6, 6.07) is 29.7. The number of carboxylic acid groups (broad SMARTS) is 1. The lowest BCUT2D eigenvalue weighted by Crippen LogP contribution is -2.35. The Morgan fingerprint density at radius 2 is 1.52 bits per heavy atom. The molecule has 0 aliphatic carbocycles. The van der Waals surface area contributed by atoms with Gasteiger partial charge >= 0.3 is 5.97 Å². The van der Waals surface area contributed by atoms with Gasteiger partial charge in [-0.15, -0.1) is 0 Å². The van der Waals surface area contributed by atoms with E-state index in [0.29, 0.717) is 39.3 Å². The van der Waals surface area contributed by atoms with E-state index in [4.69, 9.17) is 15.2 Å². The number of carbonyl (C=O) groups is 1. The highest BCUT2D eigenvalue weighted by Crippen LogP contribution is 2.32. The molecule has 0 saturated carbocycles. The van der Waals surface area contributed by atoms with Crippen LogP contribution in [0.2, 0.25) is 0 Å². The minimum atomic E-state index is -1.01. The van der Waals surface area contributed by atoms with Crippen LogP contribution in [0.25, 0.3) is 10.8 Å². The van der Waals surface area contributed by atoms with Gasteiger partial charge in [0, 0.05) is 48.5 Å². The molecular weight excluding hydrogens is 550 g/mol. The average molecular weight is 590 g/mol. The highest BCUT2D eigenvalue weighted by molar-refractivity contribution is 5.88. The third-order valence-electron chi connectivity index (χ3n) is 7.63. The number of ether oxygens (including phenoxy) is 2. The molecular formula is C37H39N3O4. The van der Waals surface area contributed by atoms with Crippen LogP contribution in [-0.4, -0.2) is 33.5 Å². The lowest BCUT2D eigenvalue weighted by atomic mass is 10.1. The van der Waals surface area contributed by atoms with E-state index in [9.17, 15) is 9.90 Å². The van der Waals surface area contributed by atoms with Crippen molar-refractivity contribution in [2.45, 2.75) is 52.6 Å². The maximum atomic E-state index is 11.6. The Morgan fingerprint density at radius 3 is 2.23 bits per heavy atom. The van der Waals surface area contributed by atoms with Gasteiger partial charge in [0.15, 0.2) is 0 Å². The Morgan fingerprint density at radius 1 is 0.841 bits per heavy atom. The molecule has 0 bridgehead atoms. The molecule has 1 heterocycles. The topological polar surface area (TPSA) is 97.9 Å². The fourth-order valence-electron chi connectivity index (χ4n) is 5.31. The summed E-state index contributed by atoms with van der Waals surface area (Å²) >= 11 is 0. The van der Waals surface area contributed by atoms with Crippen molar-refractivity contribution in [2.75, 3.05) is 6.54 Å².